The first kappa shape index (κ1) is 11.2. The van der Waals surface area contributed by atoms with Gasteiger partial charge < -0.3 is 9.84 Å². The molecule has 6 heteroatoms. The predicted octanol–water partition coefficient (Wildman–Crippen LogP) is 0.514. The Bertz CT molecular complexity index is 169. The molecule has 2 unspecified atom stereocenters. The molecule has 0 aliphatic carbocycles. The van der Waals surface area contributed by atoms with E-state index >= 15 is 0 Å². The van der Waals surface area contributed by atoms with Gasteiger partial charge in [0.05, 0.1) is 7.11 Å². The molecular formula is C6H9F3O3. The zero-order chi connectivity index (χ0) is 9.94. The standard InChI is InChI=1S/C6H9F3O3/c1-3(10)6(8,9)4(7)5(11)12-2/h3-4,10H,1-2H3. The highest BCUT2D eigenvalue weighted by molar-refractivity contribution is 5.75. The predicted molar refractivity (Wildman–Crippen MR) is 33.5 cm³/mol. The molecule has 0 amide bonds. The maximum atomic E-state index is 12.5. The van der Waals surface area contributed by atoms with Crippen LogP contribution < -0.4 is 0 Å². The van der Waals surface area contributed by atoms with Crippen molar-refractivity contribution in [2.75, 3.05) is 7.11 Å². The van der Waals surface area contributed by atoms with E-state index in [1.165, 1.54) is 0 Å². The fourth-order valence-electron chi connectivity index (χ4n) is 0.472. The largest absolute Gasteiger partial charge is 0.467 e. The molecule has 0 aliphatic rings. The van der Waals surface area contributed by atoms with Gasteiger partial charge in [-0.3, -0.25) is 0 Å². The van der Waals surface area contributed by atoms with E-state index < -0.39 is 24.2 Å². The van der Waals surface area contributed by atoms with E-state index in [2.05, 4.69) is 4.74 Å². The molecule has 3 nitrogen and oxygen atoms in total. The average molecular weight is 186 g/mol. The number of alkyl halides is 3. The van der Waals surface area contributed by atoms with Crippen LogP contribution in [0.4, 0.5) is 13.2 Å². The van der Waals surface area contributed by atoms with Gasteiger partial charge in [-0.1, -0.05) is 0 Å². The summed E-state index contributed by atoms with van der Waals surface area (Å²) in [6.45, 7) is 0.690. The van der Waals surface area contributed by atoms with Crippen molar-refractivity contribution in [1.82, 2.24) is 0 Å². The Hall–Kier alpha value is -0.780. The Morgan fingerprint density at radius 1 is 1.58 bits per heavy atom. The van der Waals surface area contributed by atoms with Crippen LogP contribution in [0.3, 0.4) is 0 Å². The van der Waals surface area contributed by atoms with Crippen molar-refractivity contribution in [2.24, 2.45) is 0 Å². The van der Waals surface area contributed by atoms with Gasteiger partial charge in [-0.15, -0.1) is 0 Å². The summed E-state index contributed by atoms with van der Waals surface area (Å²) in [6.07, 6.45) is -5.35. The van der Waals surface area contributed by atoms with Gasteiger partial charge in [0.2, 0.25) is 0 Å². The van der Waals surface area contributed by atoms with Crippen molar-refractivity contribution in [3.63, 3.8) is 0 Å². The zero-order valence-corrected chi connectivity index (χ0v) is 6.55. The highest BCUT2D eigenvalue weighted by Gasteiger charge is 2.50. The van der Waals surface area contributed by atoms with E-state index in [9.17, 15) is 18.0 Å². The maximum absolute atomic E-state index is 12.5. The molecule has 0 saturated carbocycles. The molecule has 0 radical (unpaired) electrons. The van der Waals surface area contributed by atoms with Gasteiger partial charge in [-0.2, -0.15) is 8.78 Å². The number of methoxy groups -OCH3 is 1. The van der Waals surface area contributed by atoms with Crippen LogP contribution in [0.1, 0.15) is 6.92 Å². The Morgan fingerprint density at radius 2 is 2.00 bits per heavy atom. The normalized spacial score (nSPS) is 16.8. The smallest absolute Gasteiger partial charge is 0.347 e. The van der Waals surface area contributed by atoms with Crippen LogP contribution in [0.2, 0.25) is 0 Å². The summed E-state index contributed by atoms with van der Waals surface area (Å²) in [5.74, 6) is -5.80. The zero-order valence-electron chi connectivity index (χ0n) is 6.55. The second-order valence-electron chi connectivity index (χ2n) is 2.24. The molecule has 72 valence electrons. The minimum absolute atomic E-state index is 0.690. The Labute approximate surface area is 67.1 Å². The van der Waals surface area contributed by atoms with E-state index in [4.69, 9.17) is 5.11 Å². The number of hydrogen-bond acceptors (Lipinski definition) is 3. The third-order valence-corrected chi connectivity index (χ3v) is 1.30. The van der Waals surface area contributed by atoms with E-state index in [-0.39, 0.29) is 0 Å². The van der Waals surface area contributed by atoms with Crippen LogP contribution in [0.25, 0.3) is 0 Å². The number of rotatable bonds is 3. The van der Waals surface area contributed by atoms with Crippen molar-refractivity contribution < 1.29 is 27.8 Å². The number of aliphatic hydroxyl groups excluding tert-OH is 1. The molecule has 0 aromatic carbocycles. The summed E-state index contributed by atoms with van der Waals surface area (Å²) in [4.78, 5) is 10.3. The lowest BCUT2D eigenvalue weighted by Gasteiger charge is -2.21. The summed E-state index contributed by atoms with van der Waals surface area (Å²) in [5.41, 5.74) is 0. The summed E-state index contributed by atoms with van der Waals surface area (Å²) in [7, 11) is 0.785. The lowest BCUT2D eigenvalue weighted by Crippen LogP contribution is -2.45. The van der Waals surface area contributed by atoms with Gasteiger partial charge in [0.25, 0.3) is 6.17 Å². The van der Waals surface area contributed by atoms with Crippen LogP contribution in [0.15, 0.2) is 0 Å². The first-order chi connectivity index (χ1) is 5.34. The maximum Gasteiger partial charge on any atom is 0.347 e. The topological polar surface area (TPSA) is 46.5 Å². The Balaban J connectivity index is 4.45. The second-order valence-corrected chi connectivity index (χ2v) is 2.24. The SMILES string of the molecule is COC(=O)C(F)C(F)(F)C(C)O. The van der Waals surface area contributed by atoms with Gasteiger partial charge >= 0.3 is 11.9 Å². The fraction of sp³-hybridized carbons (Fsp3) is 0.833. The molecule has 1 N–H and O–H groups in total. The van der Waals surface area contributed by atoms with Crippen LogP contribution in [-0.4, -0.2) is 36.4 Å². The molecule has 0 saturated heterocycles. The third-order valence-electron chi connectivity index (χ3n) is 1.30. The summed E-state index contributed by atoms with van der Waals surface area (Å²) in [5, 5.41) is 8.40. The van der Waals surface area contributed by atoms with E-state index in [1.807, 2.05) is 0 Å². The van der Waals surface area contributed by atoms with Crippen molar-refractivity contribution in [1.29, 1.82) is 0 Å². The second kappa shape index (κ2) is 3.75. The molecule has 12 heavy (non-hydrogen) atoms. The van der Waals surface area contributed by atoms with Gasteiger partial charge in [0, 0.05) is 0 Å². The first-order valence-electron chi connectivity index (χ1n) is 3.11. The monoisotopic (exact) mass is 186 g/mol. The van der Waals surface area contributed by atoms with Crippen molar-refractivity contribution in [3.05, 3.63) is 0 Å². The lowest BCUT2D eigenvalue weighted by atomic mass is 10.1. The van der Waals surface area contributed by atoms with Crippen LogP contribution in [0.5, 0.6) is 0 Å². The minimum Gasteiger partial charge on any atom is -0.467 e. The molecule has 0 aromatic rings. The van der Waals surface area contributed by atoms with Crippen molar-refractivity contribution in [3.8, 4) is 0 Å². The van der Waals surface area contributed by atoms with Crippen LogP contribution >= 0.6 is 0 Å². The fourth-order valence-corrected chi connectivity index (χ4v) is 0.472. The molecule has 0 bridgehead atoms. The Morgan fingerprint density at radius 3 is 2.25 bits per heavy atom. The highest BCUT2D eigenvalue weighted by atomic mass is 19.3. The molecular weight excluding hydrogens is 177 g/mol. The molecule has 2 atom stereocenters. The number of aliphatic hydroxyl groups is 1. The summed E-state index contributed by atoms with van der Waals surface area (Å²) in [6, 6.07) is 0. The number of hydrogen-bond donors (Lipinski definition) is 1. The van der Waals surface area contributed by atoms with E-state index in [0.717, 1.165) is 7.11 Å². The number of halogens is 3. The van der Waals surface area contributed by atoms with Gasteiger partial charge in [-0.25, -0.2) is 9.18 Å². The van der Waals surface area contributed by atoms with Crippen molar-refractivity contribution in [2.45, 2.75) is 25.1 Å². The number of esters is 1. The molecule has 0 heterocycles. The summed E-state index contributed by atoms with van der Waals surface area (Å²) >= 11 is 0. The van der Waals surface area contributed by atoms with Crippen LogP contribution in [0, 0.1) is 0 Å². The summed E-state index contributed by atoms with van der Waals surface area (Å²) < 4.78 is 41.1. The van der Waals surface area contributed by atoms with E-state index in [0.29, 0.717) is 6.92 Å². The highest BCUT2D eigenvalue weighted by Crippen LogP contribution is 2.26. The molecule has 0 aromatic heterocycles. The lowest BCUT2D eigenvalue weighted by molar-refractivity contribution is -0.181. The number of carbonyl (C=O) groups excluding carboxylic acids is 1. The molecule has 0 fully saturated rings. The third kappa shape index (κ3) is 2.10. The van der Waals surface area contributed by atoms with Gasteiger partial charge in [0.15, 0.2) is 0 Å². The average Bonchev–Trinajstić information content (AvgIpc) is 2.01. The van der Waals surface area contributed by atoms with Crippen LogP contribution in [-0.2, 0) is 9.53 Å². The quantitative estimate of drug-likeness (QED) is 0.653. The molecule has 0 aliphatic heterocycles. The first-order valence-corrected chi connectivity index (χ1v) is 3.11. The number of ether oxygens (including phenoxy) is 1. The van der Waals surface area contributed by atoms with Crippen molar-refractivity contribution >= 4 is 5.97 Å². The Kier molecular flexibility index (Phi) is 3.51. The minimum atomic E-state index is -4.10. The van der Waals surface area contributed by atoms with E-state index in [1.54, 1.807) is 0 Å². The molecule has 0 rings (SSSR count). The van der Waals surface area contributed by atoms with Gasteiger partial charge in [-0.05, 0) is 6.92 Å². The number of carbonyl (C=O) groups is 1. The molecule has 0 spiro atoms. The van der Waals surface area contributed by atoms with Gasteiger partial charge in [0.1, 0.15) is 6.10 Å².